The SMILES string of the molecule is CC1(C)[C@@H]2CC[C@@]1(CS(=O)(=O)Nc1ccc(S(=O)(=O)NC3CCCCC3)cc1)C(=O)C2. The van der Waals surface area contributed by atoms with E-state index in [1.54, 1.807) is 0 Å². The van der Waals surface area contributed by atoms with Gasteiger partial charge >= 0.3 is 0 Å². The van der Waals surface area contributed by atoms with Crippen LogP contribution >= 0.6 is 0 Å². The fourth-order valence-corrected chi connectivity index (χ4v) is 9.06. The van der Waals surface area contributed by atoms with Crippen molar-refractivity contribution in [1.82, 2.24) is 4.72 Å². The minimum atomic E-state index is -3.77. The average molecular weight is 469 g/mol. The van der Waals surface area contributed by atoms with Gasteiger partial charge < -0.3 is 0 Å². The highest BCUT2D eigenvalue weighted by atomic mass is 32.2. The second kappa shape index (κ2) is 7.85. The smallest absolute Gasteiger partial charge is 0.240 e. The molecule has 3 saturated carbocycles. The Kier molecular flexibility index (Phi) is 5.75. The van der Waals surface area contributed by atoms with Crippen molar-refractivity contribution in [3.8, 4) is 0 Å². The highest BCUT2D eigenvalue weighted by molar-refractivity contribution is 7.92. The molecule has 0 radical (unpaired) electrons. The second-order valence-corrected chi connectivity index (χ2v) is 13.4. The standard InChI is InChI=1S/C22H32N2O5S2/c1-21(2)16-12-13-22(21,20(25)14-16)15-30(26,27)23-18-8-10-19(11-9-18)31(28,29)24-17-6-4-3-5-7-17/h8-11,16-17,23-24H,3-7,12-15H2,1-2H3/t16-,22-/m1/s1. The van der Waals surface area contributed by atoms with Crippen molar-refractivity contribution in [1.29, 1.82) is 0 Å². The van der Waals surface area contributed by atoms with Gasteiger partial charge in [-0.2, -0.15) is 0 Å². The summed E-state index contributed by atoms with van der Waals surface area (Å²) in [6, 6.07) is 5.71. The second-order valence-electron chi connectivity index (χ2n) is 10.0. The number of benzene rings is 1. The number of carbonyl (C=O) groups excluding carboxylic acids is 1. The van der Waals surface area contributed by atoms with Crippen LogP contribution in [0.5, 0.6) is 0 Å². The normalized spacial score (nSPS) is 28.7. The summed E-state index contributed by atoms with van der Waals surface area (Å²) >= 11 is 0. The Hall–Kier alpha value is -1.45. The number of rotatable bonds is 7. The van der Waals surface area contributed by atoms with E-state index in [4.69, 9.17) is 0 Å². The number of anilines is 1. The van der Waals surface area contributed by atoms with E-state index in [1.807, 2.05) is 13.8 Å². The van der Waals surface area contributed by atoms with Crippen molar-refractivity contribution in [2.45, 2.75) is 76.2 Å². The summed E-state index contributed by atoms with van der Waals surface area (Å²) in [5.41, 5.74) is -0.871. The van der Waals surface area contributed by atoms with Gasteiger partial charge in [-0.25, -0.2) is 21.6 Å². The molecule has 0 saturated heterocycles. The van der Waals surface area contributed by atoms with Gasteiger partial charge in [0.05, 0.1) is 16.1 Å². The van der Waals surface area contributed by atoms with Gasteiger partial charge in [0.2, 0.25) is 20.0 Å². The molecule has 7 nitrogen and oxygen atoms in total. The van der Waals surface area contributed by atoms with Crippen LogP contribution in [-0.2, 0) is 24.8 Å². The first-order valence-corrected chi connectivity index (χ1v) is 14.2. The lowest BCUT2D eigenvalue weighted by atomic mass is 9.70. The largest absolute Gasteiger partial charge is 0.299 e. The predicted molar refractivity (Wildman–Crippen MR) is 120 cm³/mol. The third-order valence-corrected chi connectivity index (χ3v) is 10.9. The Bertz CT molecular complexity index is 1060. The topological polar surface area (TPSA) is 109 Å². The van der Waals surface area contributed by atoms with Crippen molar-refractivity contribution in [2.75, 3.05) is 10.5 Å². The predicted octanol–water partition coefficient (Wildman–Crippen LogP) is 3.43. The van der Waals surface area contributed by atoms with Crippen LogP contribution in [-0.4, -0.2) is 34.4 Å². The molecule has 4 rings (SSSR count). The fraction of sp³-hybridized carbons (Fsp3) is 0.682. The molecule has 0 amide bonds. The Morgan fingerprint density at radius 2 is 1.61 bits per heavy atom. The van der Waals surface area contributed by atoms with Crippen molar-refractivity contribution in [2.24, 2.45) is 16.7 Å². The zero-order valence-corrected chi connectivity index (χ0v) is 19.8. The van der Waals surface area contributed by atoms with Gasteiger partial charge in [-0.05, 0) is 61.3 Å². The zero-order chi connectivity index (χ0) is 22.5. The molecule has 0 unspecified atom stereocenters. The van der Waals surface area contributed by atoms with Crippen molar-refractivity contribution < 1.29 is 21.6 Å². The van der Waals surface area contributed by atoms with Gasteiger partial charge in [-0.15, -0.1) is 0 Å². The lowest BCUT2D eigenvalue weighted by Crippen LogP contribution is -2.43. The number of ketones is 1. The molecule has 2 atom stereocenters. The van der Waals surface area contributed by atoms with Gasteiger partial charge in [0.1, 0.15) is 5.78 Å². The molecule has 0 aliphatic heterocycles. The molecular formula is C22H32N2O5S2. The first kappa shape index (κ1) is 22.7. The average Bonchev–Trinajstić information content (AvgIpc) is 3.02. The van der Waals surface area contributed by atoms with Crippen LogP contribution in [0.1, 0.15) is 65.2 Å². The van der Waals surface area contributed by atoms with Crippen molar-refractivity contribution in [3.63, 3.8) is 0 Å². The van der Waals surface area contributed by atoms with E-state index in [0.717, 1.165) is 38.5 Å². The maximum absolute atomic E-state index is 12.9. The van der Waals surface area contributed by atoms with E-state index >= 15 is 0 Å². The van der Waals surface area contributed by atoms with Gasteiger partial charge in [-0.3, -0.25) is 9.52 Å². The molecule has 0 spiro atoms. The van der Waals surface area contributed by atoms with E-state index in [0.29, 0.717) is 18.5 Å². The Morgan fingerprint density at radius 1 is 0.968 bits per heavy atom. The fourth-order valence-electron chi connectivity index (χ4n) is 5.86. The lowest BCUT2D eigenvalue weighted by molar-refractivity contribution is -0.128. The van der Waals surface area contributed by atoms with Crippen LogP contribution in [0.4, 0.5) is 5.69 Å². The molecule has 0 aromatic heterocycles. The van der Waals surface area contributed by atoms with E-state index < -0.39 is 25.5 Å². The third-order valence-electron chi connectivity index (χ3n) is 7.94. The molecule has 2 N–H and O–H groups in total. The number of hydrogen-bond acceptors (Lipinski definition) is 5. The van der Waals surface area contributed by atoms with E-state index in [1.165, 1.54) is 24.3 Å². The van der Waals surface area contributed by atoms with Gasteiger partial charge in [-0.1, -0.05) is 33.1 Å². The monoisotopic (exact) mass is 468 g/mol. The molecule has 0 heterocycles. The number of carbonyl (C=O) groups is 1. The Morgan fingerprint density at radius 3 is 2.16 bits per heavy atom. The molecule has 172 valence electrons. The van der Waals surface area contributed by atoms with Gasteiger partial charge in [0.15, 0.2) is 0 Å². The molecule has 9 heteroatoms. The molecule has 2 bridgehead atoms. The number of Topliss-reactive ketones (excluding diaryl/α,β-unsaturated/α-hetero) is 1. The summed E-state index contributed by atoms with van der Waals surface area (Å²) in [6.07, 6.45) is 6.82. The molecule has 3 aliphatic carbocycles. The first-order valence-electron chi connectivity index (χ1n) is 11.1. The van der Waals surface area contributed by atoms with Crippen molar-refractivity contribution >= 4 is 31.5 Å². The van der Waals surface area contributed by atoms with E-state index in [2.05, 4.69) is 9.44 Å². The van der Waals surface area contributed by atoms with Crippen LogP contribution in [0.3, 0.4) is 0 Å². The molecule has 31 heavy (non-hydrogen) atoms. The minimum Gasteiger partial charge on any atom is -0.299 e. The highest BCUT2D eigenvalue weighted by Gasteiger charge is 2.65. The maximum Gasteiger partial charge on any atom is 0.240 e. The quantitative estimate of drug-likeness (QED) is 0.637. The molecule has 1 aromatic rings. The van der Waals surface area contributed by atoms with Crippen LogP contribution in [0.15, 0.2) is 29.2 Å². The summed E-state index contributed by atoms with van der Waals surface area (Å²) < 4.78 is 56.4. The minimum absolute atomic E-state index is 0.0428. The molecule has 3 fully saturated rings. The van der Waals surface area contributed by atoms with Crippen LogP contribution in [0.25, 0.3) is 0 Å². The van der Waals surface area contributed by atoms with Crippen LogP contribution in [0.2, 0.25) is 0 Å². The lowest BCUT2D eigenvalue weighted by Gasteiger charge is -2.36. The zero-order valence-electron chi connectivity index (χ0n) is 18.2. The highest BCUT2D eigenvalue weighted by Crippen LogP contribution is 2.64. The summed E-state index contributed by atoms with van der Waals surface area (Å²) in [6.45, 7) is 4.01. The van der Waals surface area contributed by atoms with Crippen LogP contribution < -0.4 is 9.44 Å². The number of hydrogen-bond donors (Lipinski definition) is 2. The van der Waals surface area contributed by atoms with Crippen LogP contribution in [0, 0.1) is 16.7 Å². The number of sulfonamides is 2. The Labute approximate surface area is 185 Å². The summed E-state index contributed by atoms with van der Waals surface area (Å²) in [5.74, 6) is 0.0664. The third kappa shape index (κ3) is 4.16. The number of nitrogens with one attached hydrogen (secondary N) is 2. The van der Waals surface area contributed by atoms with Gasteiger partial charge in [0.25, 0.3) is 0 Å². The molecule has 3 aliphatic rings. The van der Waals surface area contributed by atoms with E-state index in [9.17, 15) is 21.6 Å². The summed E-state index contributed by atoms with van der Waals surface area (Å²) in [7, 11) is -7.41. The van der Waals surface area contributed by atoms with Crippen molar-refractivity contribution in [3.05, 3.63) is 24.3 Å². The molecular weight excluding hydrogens is 436 g/mol. The maximum atomic E-state index is 12.9. The van der Waals surface area contributed by atoms with Gasteiger partial charge in [0, 0.05) is 18.2 Å². The summed E-state index contributed by atoms with van der Waals surface area (Å²) in [4.78, 5) is 12.8. The number of fused-ring (bicyclic) bond motifs is 2. The van der Waals surface area contributed by atoms with E-state index in [-0.39, 0.29) is 33.8 Å². The Balaban J connectivity index is 1.45. The first-order chi connectivity index (χ1) is 14.5. The summed E-state index contributed by atoms with van der Waals surface area (Å²) in [5, 5.41) is 0. The molecule has 1 aromatic carbocycles.